The van der Waals surface area contributed by atoms with Crippen LogP contribution in [0.25, 0.3) is 10.9 Å². The summed E-state index contributed by atoms with van der Waals surface area (Å²) >= 11 is 0. The number of hydrogen-bond donors (Lipinski definition) is 1. The summed E-state index contributed by atoms with van der Waals surface area (Å²) in [7, 11) is 0. The van der Waals surface area contributed by atoms with E-state index in [2.05, 4.69) is 47.3 Å². The van der Waals surface area contributed by atoms with Crippen molar-refractivity contribution in [1.29, 1.82) is 0 Å². The molecular formula is C20H26N2. The van der Waals surface area contributed by atoms with Crippen LogP contribution in [0.3, 0.4) is 0 Å². The summed E-state index contributed by atoms with van der Waals surface area (Å²) in [4.78, 5) is 6.29. The molecule has 0 amide bonds. The molecule has 5 rings (SSSR count). The predicted octanol–water partition coefficient (Wildman–Crippen LogP) is 4.36. The molecule has 1 aromatic heterocycles. The number of nitrogens with one attached hydrogen (secondary N) is 1. The van der Waals surface area contributed by atoms with Crippen LogP contribution in [0.1, 0.15) is 44.6 Å². The number of H-pyrrole nitrogens is 1. The molecule has 5 unspecified atom stereocenters. The summed E-state index contributed by atoms with van der Waals surface area (Å²) in [6.45, 7) is 3.71. The molecule has 2 heteroatoms. The lowest BCUT2D eigenvalue weighted by atomic mass is 9.74. The van der Waals surface area contributed by atoms with Crippen molar-refractivity contribution in [2.75, 3.05) is 6.54 Å². The zero-order valence-corrected chi connectivity index (χ0v) is 13.5. The van der Waals surface area contributed by atoms with E-state index in [1.807, 2.05) is 0 Å². The maximum absolute atomic E-state index is 3.41. The summed E-state index contributed by atoms with van der Waals surface area (Å²) in [5, 5.41) is 1.42. The molecule has 0 radical (unpaired) electrons. The summed E-state index contributed by atoms with van der Waals surface area (Å²) in [6.07, 6.45) is 10.7. The first kappa shape index (κ1) is 13.2. The Morgan fingerprint density at radius 1 is 1.32 bits per heavy atom. The van der Waals surface area contributed by atoms with Gasteiger partial charge in [0.05, 0.1) is 0 Å². The molecule has 2 nitrogen and oxygen atoms in total. The molecule has 1 aromatic carbocycles. The fourth-order valence-corrected chi connectivity index (χ4v) is 5.84. The van der Waals surface area contributed by atoms with E-state index in [0.29, 0.717) is 5.54 Å². The zero-order valence-electron chi connectivity index (χ0n) is 13.5. The third kappa shape index (κ3) is 1.59. The summed E-state index contributed by atoms with van der Waals surface area (Å²) in [5.41, 5.74) is 3.48. The molecule has 1 aliphatic heterocycles. The molecule has 3 aliphatic rings. The highest BCUT2D eigenvalue weighted by Gasteiger charge is 2.75. The van der Waals surface area contributed by atoms with Gasteiger partial charge >= 0.3 is 0 Å². The molecule has 2 aliphatic carbocycles. The van der Waals surface area contributed by atoms with Crippen LogP contribution in [-0.4, -0.2) is 28.0 Å². The number of aromatic amines is 1. The van der Waals surface area contributed by atoms with E-state index in [1.54, 1.807) is 0 Å². The molecule has 1 saturated heterocycles. The second-order valence-electron chi connectivity index (χ2n) is 7.73. The van der Waals surface area contributed by atoms with Gasteiger partial charge in [0.25, 0.3) is 0 Å². The zero-order chi connectivity index (χ0) is 14.7. The Hall–Kier alpha value is -1.28. The molecule has 0 bridgehead atoms. The standard InChI is InChI=1S/C20H26N2/c1-2-14-12-16-9-10-20(16)19(14)22(20)11-5-6-15-13-21-18-8-4-3-7-17(15)18/h3-4,7-8,13-14,16,19,21H,2,5-6,9-12H2,1H3. The number of nitrogens with zero attached hydrogens (tertiary/aromatic N) is 1. The van der Waals surface area contributed by atoms with E-state index in [0.717, 1.165) is 17.9 Å². The fraction of sp³-hybridized carbons (Fsp3) is 0.600. The Labute approximate surface area is 132 Å². The van der Waals surface area contributed by atoms with Gasteiger partial charge in [0.2, 0.25) is 0 Å². The van der Waals surface area contributed by atoms with E-state index in [1.165, 1.54) is 61.5 Å². The highest BCUT2D eigenvalue weighted by atomic mass is 15.4. The molecular weight excluding hydrogens is 268 g/mol. The number of likely N-dealkylation sites (tertiary alicyclic amines) is 1. The van der Waals surface area contributed by atoms with Gasteiger partial charge in [0.1, 0.15) is 0 Å². The van der Waals surface area contributed by atoms with E-state index in [4.69, 9.17) is 0 Å². The molecule has 116 valence electrons. The average molecular weight is 294 g/mol. The van der Waals surface area contributed by atoms with Gasteiger partial charge in [-0.2, -0.15) is 0 Å². The van der Waals surface area contributed by atoms with Gasteiger partial charge in [0.15, 0.2) is 0 Å². The van der Waals surface area contributed by atoms with Crippen molar-refractivity contribution in [3.05, 3.63) is 36.0 Å². The fourth-order valence-electron chi connectivity index (χ4n) is 5.84. The minimum Gasteiger partial charge on any atom is -0.361 e. The van der Waals surface area contributed by atoms with Crippen LogP contribution in [0.4, 0.5) is 0 Å². The number of aromatic nitrogens is 1. The molecule has 5 atom stereocenters. The highest BCUT2D eigenvalue weighted by Crippen LogP contribution is 2.69. The number of benzene rings is 1. The predicted molar refractivity (Wildman–Crippen MR) is 91.0 cm³/mol. The lowest BCUT2D eigenvalue weighted by Gasteiger charge is -2.36. The third-order valence-electron chi connectivity index (χ3n) is 6.99. The number of hydrogen-bond acceptors (Lipinski definition) is 1. The number of aryl methyl sites for hydroxylation is 1. The van der Waals surface area contributed by atoms with Gasteiger partial charge in [0, 0.05) is 28.7 Å². The lowest BCUT2D eigenvalue weighted by Crippen LogP contribution is -2.37. The number of rotatable bonds is 5. The SMILES string of the molecule is CCC1CC2CCC23C1N3CCCc1c[nH]c2ccccc12. The smallest absolute Gasteiger partial charge is 0.0456 e. The van der Waals surface area contributed by atoms with Crippen LogP contribution in [0, 0.1) is 11.8 Å². The van der Waals surface area contributed by atoms with Crippen molar-refractivity contribution < 1.29 is 0 Å². The monoisotopic (exact) mass is 294 g/mol. The maximum Gasteiger partial charge on any atom is 0.0456 e. The molecule has 2 saturated carbocycles. The number of para-hydroxylation sites is 1. The number of fused-ring (bicyclic) bond motifs is 1. The van der Waals surface area contributed by atoms with Crippen LogP contribution in [0.15, 0.2) is 30.5 Å². The van der Waals surface area contributed by atoms with Gasteiger partial charge in [-0.3, -0.25) is 4.90 Å². The number of piperidine rings is 1. The molecule has 2 heterocycles. The van der Waals surface area contributed by atoms with Crippen molar-refractivity contribution >= 4 is 10.9 Å². The van der Waals surface area contributed by atoms with Gasteiger partial charge in [-0.1, -0.05) is 31.5 Å². The Morgan fingerprint density at radius 3 is 3.05 bits per heavy atom. The molecule has 2 aromatic rings. The van der Waals surface area contributed by atoms with E-state index < -0.39 is 0 Å². The largest absolute Gasteiger partial charge is 0.361 e. The Bertz CT molecular complexity index is 703. The minimum atomic E-state index is 0.695. The molecule has 1 N–H and O–H groups in total. The summed E-state index contributed by atoms with van der Waals surface area (Å²) < 4.78 is 0. The summed E-state index contributed by atoms with van der Waals surface area (Å²) in [5.74, 6) is 2.05. The van der Waals surface area contributed by atoms with Gasteiger partial charge in [-0.05, 0) is 62.1 Å². The van der Waals surface area contributed by atoms with Crippen molar-refractivity contribution in [3.63, 3.8) is 0 Å². The van der Waals surface area contributed by atoms with Gasteiger partial charge in [-0.15, -0.1) is 0 Å². The highest BCUT2D eigenvalue weighted by molar-refractivity contribution is 5.82. The van der Waals surface area contributed by atoms with Crippen LogP contribution >= 0.6 is 0 Å². The van der Waals surface area contributed by atoms with Crippen LogP contribution < -0.4 is 0 Å². The van der Waals surface area contributed by atoms with Crippen LogP contribution in [-0.2, 0) is 6.42 Å². The Morgan fingerprint density at radius 2 is 2.23 bits per heavy atom. The Kier molecular flexibility index (Phi) is 2.76. The maximum atomic E-state index is 3.41. The Balaban J connectivity index is 1.24. The molecule has 3 fully saturated rings. The van der Waals surface area contributed by atoms with Gasteiger partial charge in [-0.25, -0.2) is 0 Å². The van der Waals surface area contributed by atoms with Crippen molar-refractivity contribution in [3.8, 4) is 0 Å². The van der Waals surface area contributed by atoms with Crippen LogP contribution in [0.2, 0.25) is 0 Å². The van der Waals surface area contributed by atoms with E-state index in [-0.39, 0.29) is 0 Å². The van der Waals surface area contributed by atoms with Crippen molar-refractivity contribution in [1.82, 2.24) is 9.88 Å². The van der Waals surface area contributed by atoms with Crippen LogP contribution in [0.5, 0.6) is 0 Å². The summed E-state index contributed by atoms with van der Waals surface area (Å²) in [6, 6.07) is 9.65. The normalized spacial score (nSPS) is 38.6. The first-order valence-corrected chi connectivity index (χ1v) is 9.16. The molecule has 1 spiro atoms. The second kappa shape index (κ2) is 4.61. The topological polar surface area (TPSA) is 18.8 Å². The second-order valence-corrected chi connectivity index (χ2v) is 7.73. The molecule has 22 heavy (non-hydrogen) atoms. The quantitative estimate of drug-likeness (QED) is 0.812. The van der Waals surface area contributed by atoms with E-state index >= 15 is 0 Å². The van der Waals surface area contributed by atoms with E-state index in [9.17, 15) is 0 Å². The first-order valence-electron chi connectivity index (χ1n) is 9.16. The average Bonchev–Trinajstić information content (AvgIpc) is 2.94. The van der Waals surface area contributed by atoms with Gasteiger partial charge < -0.3 is 4.98 Å². The van der Waals surface area contributed by atoms with Crippen molar-refractivity contribution in [2.24, 2.45) is 11.8 Å². The minimum absolute atomic E-state index is 0.695. The third-order valence-corrected chi connectivity index (χ3v) is 6.99. The first-order chi connectivity index (χ1) is 10.8. The lowest BCUT2D eigenvalue weighted by molar-refractivity contribution is 0.146. The van der Waals surface area contributed by atoms with Crippen molar-refractivity contribution in [2.45, 2.75) is 57.0 Å².